The molecule has 27 heavy (non-hydrogen) atoms. The predicted molar refractivity (Wildman–Crippen MR) is 95.4 cm³/mol. The largest absolute Gasteiger partial charge is 0.478 e. The van der Waals surface area contributed by atoms with Gasteiger partial charge in [-0.1, -0.05) is 17.3 Å². The van der Waals surface area contributed by atoms with Gasteiger partial charge in [-0.3, -0.25) is 9.48 Å². The van der Waals surface area contributed by atoms with E-state index >= 15 is 0 Å². The van der Waals surface area contributed by atoms with Gasteiger partial charge in [0.25, 0.3) is 0 Å². The van der Waals surface area contributed by atoms with Gasteiger partial charge in [-0.25, -0.2) is 9.78 Å². The van der Waals surface area contributed by atoms with Crippen LogP contribution in [0.4, 0.5) is 0 Å². The average molecular weight is 367 g/mol. The van der Waals surface area contributed by atoms with Crippen LogP contribution in [-0.2, 0) is 11.3 Å². The minimum absolute atomic E-state index is 0.0898. The molecular formula is C18H17N5O4. The van der Waals surface area contributed by atoms with Gasteiger partial charge in [-0.15, -0.1) is 5.10 Å². The Hall–Kier alpha value is -3.75. The van der Waals surface area contributed by atoms with Crippen molar-refractivity contribution in [2.24, 2.45) is 0 Å². The minimum atomic E-state index is -1.04. The Morgan fingerprint density at radius 1 is 1.26 bits per heavy atom. The van der Waals surface area contributed by atoms with Gasteiger partial charge in [0.05, 0.1) is 18.3 Å². The van der Waals surface area contributed by atoms with E-state index in [4.69, 9.17) is 9.84 Å². The topological polar surface area (TPSA) is 119 Å². The normalized spacial score (nSPS) is 10.4. The molecule has 2 N–H and O–H groups in total. The molecule has 0 radical (unpaired) electrons. The summed E-state index contributed by atoms with van der Waals surface area (Å²) in [5, 5.41) is 19.8. The van der Waals surface area contributed by atoms with E-state index in [-0.39, 0.29) is 17.4 Å². The number of carbonyl (C=O) groups is 2. The molecule has 0 fully saturated rings. The molecule has 3 rings (SSSR count). The van der Waals surface area contributed by atoms with Crippen LogP contribution in [-0.4, -0.2) is 43.5 Å². The summed E-state index contributed by atoms with van der Waals surface area (Å²) in [5.74, 6) is -0.310. The first-order valence-electron chi connectivity index (χ1n) is 8.13. The number of carbonyl (C=O) groups excluding carboxylic acids is 1. The number of nitrogens with one attached hydrogen (secondary N) is 1. The molecule has 0 aliphatic carbocycles. The molecule has 9 nitrogen and oxygen atoms in total. The number of carboxylic acid groups (broad SMARTS) is 1. The van der Waals surface area contributed by atoms with E-state index in [2.05, 4.69) is 20.6 Å². The summed E-state index contributed by atoms with van der Waals surface area (Å²) in [6.07, 6.45) is 3.02. The van der Waals surface area contributed by atoms with E-state index in [9.17, 15) is 9.59 Å². The Bertz CT molecular complexity index is 952. The third-order valence-corrected chi connectivity index (χ3v) is 3.59. The van der Waals surface area contributed by atoms with Crippen LogP contribution >= 0.6 is 0 Å². The summed E-state index contributed by atoms with van der Waals surface area (Å²) >= 11 is 0. The smallest absolute Gasteiger partial charge is 0.337 e. The molecule has 0 saturated heterocycles. The van der Waals surface area contributed by atoms with Crippen LogP contribution in [0.25, 0.3) is 11.3 Å². The van der Waals surface area contributed by atoms with Crippen LogP contribution < -0.4 is 10.1 Å². The molecule has 1 aromatic carbocycles. The predicted octanol–water partition coefficient (Wildman–Crippen LogP) is 1.97. The molecule has 0 aliphatic rings. The first-order valence-corrected chi connectivity index (χ1v) is 8.13. The Labute approximate surface area is 154 Å². The number of amides is 1. The quantitative estimate of drug-likeness (QED) is 0.655. The summed E-state index contributed by atoms with van der Waals surface area (Å²) in [5.41, 5.74) is 1.56. The van der Waals surface area contributed by atoms with Crippen LogP contribution in [0.5, 0.6) is 11.6 Å². The van der Waals surface area contributed by atoms with Crippen molar-refractivity contribution < 1.29 is 19.4 Å². The number of rotatable bonds is 7. The lowest BCUT2D eigenvalue weighted by Gasteiger charge is -2.06. The molecule has 0 bridgehead atoms. The monoisotopic (exact) mass is 367 g/mol. The summed E-state index contributed by atoms with van der Waals surface area (Å²) in [6.45, 7) is 2.45. The molecule has 138 valence electrons. The molecule has 3 aromatic rings. The number of carboxylic acids is 1. The van der Waals surface area contributed by atoms with Gasteiger partial charge in [-0.05, 0) is 18.2 Å². The molecule has 0 unspecified atom stereocenters. The number of benzene rings is 1. The van der Waals surface area contributed by atoms with Gasteiger partial charge in [0.2, 0.25) is 11.8 Å². The zero-order valence-corrected chi connectivity index (χ0v) is 14.5. The second kappa shape index (κ2) is 8.09. The fourth-order valence-corrected chi connectivity index (χ4v) is 2.29. The maximum Gasteiger partial charge on any atom is 0.337 e. The lowest BCUT2D eigenvalue weighted by molar-refractivity contribution is -0.119. The summed E-state index contributed by atoms with van der Waals surface area (Å²) in [7, 11) is 0. The van der Waals surface area contributed by atoms with E-state index in [0.717, 1.165) is 5.56 Å². The first-order chi connectivity index (χ1) is 13.0. The number of hydrogen-bond acceptors (Lipinski definition) is 6. The fourth-order valence-electron chi connectivity index (χ4n) is 2.29. The fraction of sp³-hybridized carbons (Fsp3) is 0.167. The SMILES string of the molecule is CC(=O)NCCn1cc(-c2cccc(Oc3ccc(C(=O)O)cn3)c2)nn1. The van der Waals surface area contributed by atoms with E-state index < -0.39 is 5.97 Å². The molecule has 0 saturated carbocycles. The zero-order valence-electron chi connectivity index (χ0n) is 14.5. The van der Waals surface area contributed by atoms with E-state index in [1.54, 1.807) is 23.0 Å². The third-order valence-electron chi connectivity index (χ3n) is 3.59. The van der Waals surface area contributed by atoms with Crippen LogP contribution in [0.1, 0.15) is 17.3 Å². The van der Waals surface area contributed by atoms with Crippen LogP contribution in [0.2, 0.25) is 0 Å². The number of ether oxygens (including phenoxy) is 1. The number of pyridine rings is 1. The standard InChI is InChI=1S/C18H17N5O4/c1-12(24)19-7-8-23-11-16(21-22-23)13-3-2-4-15(9-13)27-17-6-5-14(10-20-17)18(25)26/h2-6,9-11H,7-8H2,1H3,(H,19,24)(H,25,26). The van der Waals surface area contributed by atoms with Crippen molar-refractivity contribution in [3.8, 4) is 22.9 Å². The van der Waals surface area contributed by atoms with Crippen LogP contribution in [0.3, 0.4) is 0 Å². The van der Waals surface area contributed by atoms with Gasteiger partial charge >= 0.3 is 5.97 Å². The Morgan fingerprint density at radius 2 is 2.11 bits per heavy atom. The third kappa shape index (κ3) is 4.88. The molecule has 9 heteroatoms. The van der Waals surface area contributed by atoms with Crippen molar-refractivity contribution in [3.63, 3.8) is 0 Å². The van der Waals surface area contributed by atoms with Crippen molar-refractivity contribution in [2.45, 2.75) is 13.5 Å². The molecular weight excluding hydrogens is 350 g/mol. The van der Waals surface area contributed by atoms with Crippen LogP contribution in [0.15, 0.2) is 48.8 Å². The van der Waals surface area contributed by atoms with Gasteiger partial charge in [0.15, 0.2) is 0 Å². The number of nitrogens with zero attached hydrogens (tertiary/aromatic N) is 4. The van der Waals surface area contributed by atoms with Crippen LogP contribution in [0, 0.1) is 0 Å². The van der Waals surface area contributed by atoms with E-state index in [1.165, 1.54) is 25.3 Å². The van der Waals surface area contributed by atoms with E-state index in [0.29, 0.717) is 24.5 Å². The molecule has 0 spiro atoms. The molecule has 0 atom stereocenters. The highest BCUT2D eigenvalue weighted by Gasteiger charge is 2.08. The number of aromatic nitrogens is 4. The first kappa shape index (κ1) is 18.1. The maximum absolute atomic E-state index is 10.9. The maximum atomic E-state index is 10.9. The van der Waals surface area contributed by atoms with Gasteiger partial charge in [-0.2, -0.15) is 0 Å². The highest BCUT2D eigenvalue weighted by molar-refractivity contribution is 5.87. The summed E-state index contributed by atoms with van der Waals surface area (Å²) < 4.78 is 7.31. The van der Waals surface area contributed by atoms with Gasteiger partial charge < -0.3 is 15.2 Å². The summed E-state index contributed by atoms with van der Waals surface area (Å²) in [4.78, 5) is 25.7. The van der Waals surface area contributed by atoms with Crippen molar-refractivity contribution in [2.75, 3.05) is 6.54 Å². The lowest BCUT2D eigenvalue weighted by Crippen LogP contribution is -2.24. The minimum Gasteiger partial charge on any atom is -0.478 e. The second-order valence-electron chi connectivity index (χ2n) is 5.67. The Kier molecular flexibility index (Phi) is 5.41. The molecule has 2 aromatic heterocycles. The highest BCUT2D eigenvalue weighted by atomic mass is 16.5. The van der Waals surface area contributed by atoms with Crippen molar-refractivity contribution in [1.29, 1.82) is 0 Å². The van der Waals surface area contributed by atoms with Crippen molar-refractivity contribution in [3.05, 3.63) is 54.4 Å². The molecule has 2 heterocycles. The van der Waals surface area contributed by atoms with Gasteiger partial charge in [0.1, 0.15) is 11.4 Å². The van der Waals surface area contributed by atoms with Gasteiger partial charge in [0, 0.05) is 31.3 Å². The zero-order chi connectivity index (χ0) is 19.2. The average Bonchev–Trinajstić information content (AvgIpc) is 3.11. The Morgan fingerprint density at radius 3 is 2.81 bits per heavy atom. The molecule has 1 amide bonds. The highest BCUT2D eigenvalue weighted by Crippen LogP contribution is 2.25. The van der Waals surface area contributed by atoms with Crippen molar-refractivity contribution >= 4 is 11.9 Å². The number of aromatic carboxylic acids is 1. The lowest BCUT2D eigenvalue weighted by atomic mass is 10.1. The van der Waals surface area contributed by atoms with Crippen molar-refractivity contribution in [1.82, 2.24) is 25.3 Å². The summed E-state index contributed by atoms with van der Waals surface area (Å²) in [6, 6.07) is 10.2. The molecule has 0 aliphatic heterocycles. The Balaban J connectivity index is 1.69. The number of hydrogen-bond donors (Lipinski definition) is 2. The van der Waals surface area contributed by atoms with E-state index in [1.807, 2.05) is 12.1 Å². The second-order valence-corrected chi connectivity index (χ2v) is 5.67.